The van der Waals surface area contributed by atoms with Crippen LogP contribution in [0.2, 0.25) is 0 Å². The summed E-state index contributed by atoms with van der Waals surface area (Å²) in [7, 11) is 0. The molecule has 124 heavy (non-hydrogen) atoms. The summed E-state index contributed by atoms with van der Waals surface area (Å²) < 4.78 is 8.92. The normalized spacial score (nSPS) is 11.7. The van der Waals surface area contributed by atoms with E-state index < -0.39 is 0 Å². The third-order valence-electron chi connectivity index (χ3n) is 23.1. The molecule has 14 aromatic carbocycles. The van der Waals surface area contributed by atoms with E-state index >= 15 is 0 Å². The van der Waals surface area contributed by atoms with Crippen LogP contribution in [0.15, 0.2) is 378 Å². The van der Waals surface area contributed by atoms with Crippen molar-refractivity contribution in [3.8, 4) is 148 Å². The van der Waals surface area contributed by atoms with E-state index in [1.165, 1.54) is 25.3 Å². The van der Waals surface area contributed by atoms with Crippen LogP contribution in [-0.4, -0.2) is 98.0 Å². The lowest BCUT2D eigenvalue weighted by molar-refractivity contribution is 0.953. The number of hydrogen-bond donors (Lipinski definition) is 0. The average molecular weight is 1590 g/mol. The van der Waals surface area contributed by atoms with Crippen LogP contribution >= 0.6 is 0 Å². The molecular weight excluding hydrogens is 1530 g/mol. The molecule has 20 heteroatoms. The Morgan fingerprint density at radius 3 is 0.871 bits per heavy atom. The van der Waals surface area contributed by atoms with Gasteiger partial charge < -0.3 is 9.13 Å². The molecule has 0 atom stereocenters. The Labute approximate surface area is 706 Å². The van der Waals surface area contributed by atoms with Crippen molar-refractivity contribution in [1.29, 1.82) is 0 Å². The average Bonchev–Trinajstić information content (AvgIpc) is 1.29. The van der Waals surface area contributed by atoms with Gasteiger partial charge in [0.05, 0.1) is 49.8 Å². The lowest BCUT2D eigenvalue weighted by Crippen LogP contribution is -2.06. The molecule has 20 nitrogen and oxygen atoms in total. The molecule has 24 aromatic rings. The van der Waals surface area contributed by atoms with Gasteiger partial charge >= 0.3 is 0 Å². The number of hydrogen-bond acceptors (Lipinski definition) is 16. The summed E-state index contributed by atoms with van der Waals surface area (Å²) in [4.78, 5) is 77.8. The fraction of sp³-hybridized carbons (Fsp3) is 0. The van der Waals surface area contributed by atoms with Gasteiger partial charge in [0.1, 0.15) is 25.3 Å². The molecule has 0 aliphatic heterocycles. The van der Waals surface area contributed by atoms with Crippen LogP contribution in [0, 0.1) is 0 Å². The Morgan fingerprint density at radius 2 is 0.468 bits per heavy atom. The van der Waals surface area contributed by atoms with Gasteiger partial charge in [-0.05, 0) is 150 Å². The van der Waals surface area contributed by atoms with Crippen molar-refractivity contribution in [1.82, 2.24) is 98.0 Å². The molecule has 0 aliphatic carbocycles. The van der Waals surface area contributed by atoms with E-state index in [4.69, 9.17) is 49.8 Å². The Balaban J connectivity index is 0.581. The molecule has 0 aliphatic rings. The number of benzene rings is 14. The smallest absolute Gasteiger partial charge is 0.238 e. The molecule has 0 bridgehead atoms. The van der Waals surface area contributed by atoms with Gasteiger partial charge in [-0.15, -0.1) is 0 Å². The molecule has 0 N–H and O–H groups in total. The topological polar surface area (TPSA) is 226 Å². The molecule has 10 heterocycles. The third kappa shape index (κ3) is 12.2. The predicted molar refractivity (Wildman–Crippen MR) is 488 cm³/mol. The van der Waals surface area contributed by atoms with Gasteiger partial charge in [0, 0.05) is 123 Å². The summed E-state index contributed by atoms with van der Waals surface area (Å²) in [5.74, 6) is 5.38. The van der Waals surface area contributed by atoms with Crippen molar-refractivity contribution in [2.75, 3.05) is 0 Å². The van der Waals surface area contributed by atoms with Crippen LogP contribution in [0.3, 0.4) is 0 Å². The van der Waals surface area contributed by atoms with E-state index in [1.54, 1.807) is 12.4 Å². The zero-order valence-corrected chi connectivity index (χ0v) is 65.7. The summed E-state index contributed by atoms with van der Waals surface area (Å²) in [5, 5.41) is 8.64. The zero-order chi connectivity index (χ0) is 81.7. The number of para-hydroxylation sites is 4. The molecule has 0 amide bonds. The number of fused-ring (bicyclic) bond motifs is 12. The molecule has 10 aromatic heterocycles. The summed E-state index contributed by atoms with van der Waals surface area (Å²) in [6.07, 6.45) is 11.4. The van der Waals surface area contributed by atoms with Gasteiger partial charge in [-0.2, -0.15) is 19.9 Å². The molecule has 0 saturated carbocycles. The van der Waals surface area contributed by atoms with E-state index in [9.17, 15) is 0 Å². The van der Waals surface area contributed by atoms with Gasteiger partial charge in [-0.25, -0.2) is 59.8 Å². The maximum absolute atomic E-state index is 5.44. The van der Waals surface area contributed by atoms with Crippen LogP contribution in [0.4, 0.5) is 0 Å². The van der Waals surface area contributed by atoms with Gasteiger partial charge in [0.25, 0.3) is 0 Å². The standard InChI is InChI=1S/C104H62N20/c1-4-20-63(21-5-1)99-115-100(64-22-6-2-7-23-64)118-103(117-99)123-89-34-16-12-30-80(89)84-57-68(38-42-93(84)123)67-37-41-92-83(56-67)79-29-11-15-33-88(79)122(92)77-51-72(95-107-45-19-46-108-95)50-75(54-77)98-109-47-44-86(114-98)70-26-18-27-71(48-70)102-116-101(65-24-8-3-9-25-65)119-104(120-102)124-90-35-17-13-31-81(90)85-58-69(39-43-94(85)124)66-36-40-91-82(55-66)78-28-10-14-32-87(78)121(91)76-52-73(96-110-59-105-60-111-96)49-74(53-76)97-112-61-106-62-113-97/h1-62H. The van der Waals surface area contributed by atoms with E-state index in [0.717, 1.165) is 171 Å². The van der Waals surface area contributed by atoms with E-state index in [-0.39, 0.29) is 0 Å². The molecule has 0 saturated heterocycles. The summed E-state index contributed by atoms with van der Waals surface area (Å²) in [5.41, 5.74) is 22.2. The Hall–Kier alpha value is -17.5. The number of aromatic nitrogens is 20. The van der Waals surface area contributed by atoms with E-state index in [0.29, 0.717) is 64.2 Å². The second-order valence-corrected chi connectivity index (χ2v) is 30.4. The van der Waals surface area contributed by atoms with Crippen molar-refractivity contribution in [3.63, 3.8) is 0 Å². The Bertz CT molecular complexity index is 7760. The van der Waals surface area contributed by atoms with Crippen molar-refractivity contribution >= 4 is 87.2 Å². The van der Waals surface area contributed by atoms with Gasteiger partial charge in [-0.3, -0.25) is 9.13 Å². The lowest BCUT2D eigenvalue weighted by atomic mass is 10.0. The minimum absolute atomic E-state index is 0.472. The van der Waals surface area contributed by atoms with E-state index in [2.05, 4.69) is 260 Å². The first kappa shape index (κ1) is 70.7. The second-order valence-electron chi connectivity index (χ2n) is 30.4. The minimum Gasteiger partial charge on any atom is -0.309 e. The molecule has 24 rings (SSSR count). The van der Waals surface area contributed by atoms with Crippen LogP contribution in [-0.2, 0) is 0 Å². The van der Waals surface area contributed by atoms with Crippen molar-refractivity contribution < 1.29 is 0 Å². The second kappa shape index (κ2) is 29.2. The first-order valence-electron chi connectivity index (χ1n) is 40.5. The maximum atomic E-state index is 5.44. The van der Waals surface area contributed by atoms with Gasteiger partial charge in [0.2, 0.25) is 11.9 Å². The fourth-order valence-corrected chi connectivity index (χ4v) is 17.5. The largest absolute Gasteiger partial charge is 0.309 e. The third-order valence-corrected chi connectivity index (χ3v) is 23.1. The Morgan fingerprint density at radius 1 is 0.161 bits per heavy atom. The quantitative estimate of drug-likeness (QED) is 0.0930. The zero-order valence-electron chi connectivity index (χ0n) is 65.7. The van der Waals surface area contributed by atoms with Crippen LogP contribution in [0.25, 0.3) is 235 Å². The van der Waals surface area contributed by atoms with Crippen molar-refractivity contribution in [2.45, 2.75) is 0 Å². The summed E-state index contributed by atoms with van der Waals surface area (Å²) >= 11 is 0. The van der Waals surface area contributed by atoms with Crippen molar-refractivity contribution in [3.05, 3.63) is 378 Å². The summed E-state index contributed by atoms with van der Waals surface area (Å²) in [6, 6.07) is 116. The molecule has 0 radical (unpaired) electrons. The number of nitrogens with zero attached hydrogens (tertiary/aromatic N) is 20. The molecule has 578 valence electrons. The minimum atomic E-state index is 0.472. The van der Waals surface area contributed by atoms with Crippen LogP contribution in [0.1, 0.15) is 0 Å². The Kier molecular flexibility index (Phi) is 16.7. The monoisotopic (exact) mass is 1590 g/mol. The van der Waals surface area contributed by atoms with Crippen LogP contribution in [0.5, 0.6) is 0 Å². The molecular formula is C104H62N20. The highest BCUT2D eigenvalue weighted by molar-refractivity contribution is 6.15. The van der Waals surface area contributed by atoms with Gasteiger partial charge in [0.15, 0.2) is 46.6 Å². The first-order valence-corrected chi connectivity index (χ1v) is 40.5. The molecule has 0 unspecified atom stereocenters. The molecule has 0 fully saturated rings. The number of rotatable bonds is 15. The van der Waals surface area contributed by atoms with Crippen molar-refractivity contribution in [2.24, 2.45) is 0 Å². The van der Waals surface area contributed by atoms with Crippen LogP contribution < -0.4 is 0 Å². The van der Waals surface area contributed by atoms with Gasteiger partial charge in [-0.1, -0.05) is 206 Å². The fourth-order valence-electron chi connectivity index (χ4n) is 17.5. The highest BCUT2D eigenvalue weighted by Gasteiger charge is 2.26. The molecule has 0 spiro atoms. The maximum Gasteiger partial charge on any atom is 0.238 e. The predicted octanol–water partition coefficient (Wildman–Crippen LogP) is 22.7. The van der Waals surface area contributed by atoms with E-state index in [1.807, 2.05) is 128 Å². The lowest BCUT2D eigenvalue weighted by Gasteiger charge is -2.13. The first-order chi connectivity index (χ1) is 61.4. The SMILES string of the molecule is c1ccc(-c2nc(-c3ccccc3)nc(-n3c4ccccc4c4cc(-c5ccc6c(c5)c5ccccc5n6-c5cc(-c6ncccn6)cc(-c6nccc(-c7cccc(-c8nc(-c9ccccc9)nc(-n9c%10ccccc%10c%10cc(-c%11ccc%12c(c%11)c%11ccccc%11n%12-c%11cc(-c%12ncncn%12)cc(-c%12ncncn%12)c%11)ccc%109)n8)c7)n6)c5)ccc43)n2)cc1. The summed E-state index contributed by atoms with van der Waals surface area (Å²) in [6.45, 7) is 0. The highest BCUT2D eigenvalue weighted by atomic mass is 15.2. The highest BCUT2D eigenvalue weighted by Crippen LogP contribution is 2.44.